The second-order valence-corrected chi connectivity index (χ2v) is 7.91. The van der Waals surface area contributed by atoms with Crippen molar-refractivity contribution in [2.75, 3.05) is 53.0 Å². The maximum atomic E-state index is 5.51. The number of ether oxygens (including phenoxy) is 1. The lowest BCUT2D eigenvalue weighted by Crippen LogP contribution is -2.53. The largest absolute Gasteiger partial charge is 0.379 e. The Morgan fingerprint density at radius 3 is 2.38 bits per heavy atom. The van der Waals surface area contributed by atoms with Crippen LogP contribution in [-0.2, 0) is 4.74 Å². The van der Waals surface area contributed by atoms with Crippen molar-refractivity contribution in [1.29, 1.82) is 0 Å². The highest BCUT2D eigenvalue weighted by molar-refractivity contribution is 14.0. The SMILES string of the molecule is CN=C(NCC(C(C)C)N1CCOCC1)N1CCC2(CCC2)C1.I. The molecule has 2 aliphatic heterocycles. The van der Waals surface area contributed by atoms with E-state index in [0.29, 0.717) is 17.4 Å². The molecule has 3 rings (SSSR count). The Morgan fingerprint density at radius 1 is 1.17 bits per heavy atom. The Balaban J connectivity index is 0.00000208. The van der Waals surface area contributed by atoms with Crippen LogP contribution >= 0.6 is 24.0 Å². The van der Waals surface area contributed by atoms with Gasteiger partial charge in [-0.15, -0.1) is 24.0 Å². The molecule has 1 aliphatic carbocycles. The van der Waals surface area contributed by atoms with Crippen LogP contribution in [0.1, 0.15) is 39.5 Å². The van der Waals surface area contributed by atoms with Crippen molar-refractivity contribution in [3.63, 3.8) is 0 Å². The van der Waals surface area contributed by atoms with Crippen molar-refractivity contribution in [1.82, 2.24) is 15.1 Å². The van der Waals surface area contributed by atoms with E-state index < -0.39 is 0 Å². The zero-order chi connectivity index (χ0) is 16.3. The molecule has 0 aromatic carbocycles. The van der Waals surface area contributed by atoms with Gasteiger partial charge < -0.3 is 15.0 Å². The number of hydrogen-bond acceptors (Lipinski definition) is 3. The molecule has 24 heavy (non-hydrogen) atoms. The first-order chi connectivity index (χ1) is 11.1. The molecular weight excluding hydrogens is 415 g/mol. The molecule has 0 aromatic heterocycles. The van der Waals surface area contributed by atoms with E-state index in [9.17, 15) is 0 Å². The highest BCUT2D eigenvalue weighted by Gasteiger charge is 2.43. The summed E-state index contributed by atoms with van der Waals surface area (Å²) in [6.07, 6.45) is 5.61. The van der Waals surface area contributed by atoms with Crippen LogP contribution < -0.4 is 5.32 Å². The van der Waals surface area contributed by atoms with Gasteiger partial charge in [-0.3, -0.25) is 9.89 Å². The molecule has 1 unspecified atom stereocenters. The highest BCUT2D eigenvalue weighted by atomic mass is 127. The molecule has 1 atom stereocenters. The summed E-state index contributed by atoms with van der Waals surface area (Å²) in [6, 6.07) is 0.552. The fourth-order valence-electron chi connectivity index (χ4n) is 4.42. The molecule has 1 saturated carbocycles. The minimum atomic E-state index is 0. The smallest absolute Gasteiger partial charge is 0.193 e. The average molecular weight is 450 g/mol. The number of guanidine groups is 1. The van der Waals surface area contributed by atoms with Crippen molar-refractivity contribution in [3.8, 4) is 0 Å². The lowest BCUT2D eigenvalue weighted by molar-refractivity contribution is 0.00740. The Bertz CT molecular complexity index is 419. The van der Waals surface area contributed by atoms with Crippen molar-refractivity contribution in [2.45, 2.75) is 45.6 Å². The molecule has 0 amide bonds. The zero-order valence-corrected chi connectivity index (χ0v) is 17.9. The predicted molar refractivity (Wildman–Crippen MR) is 110 cm³/mol. The maximum Gasteiger partial charge on any atom is 0.193 e. The molecular formula is C18H35IN4O. The summed E-state index contributed by atoms with van der Waals surface area (Å²) in [5, 5.41) is 3.67. The van der Waals surface area contributed by atoms with Gasteiger partial charge in [0, 0.05) is 45.8 Å². The minimum Gasteiger partial charge on any atom is -0.379 e. The van der Waals surface area contributed by atoms with Crippen molar-refractivity contribution < 1.29 is 4.74 Å². The van der Waals surface area contributed by atoms with E-state index in [1.54, 1.807) is 0 Å². The fourth-order valence-corrected chi connectivity index (χ4v) is 4.42. The lowest BCUT2D eigenvalue weighted by Gasteiger charge is -2.39. The first kappa shape index (κ1) is 20.2. The van der Waals surface area contributed by atoms with Gasteiger partial charge in [-0.05, 0) is 30.6 Å². The summed E-state index contributed by atoms with van der Waals surface area (Å²) in [7, 11) is 1.92. The summed E-state index contributed by atoms with van der Waals surface area (Å²) in [5.41, 5.74) is 0.624. The van der Waals surface area contributed by atoms with Gasteiger partial charge in [-0.1, -0.05) is 20.3 Å². The quantitative estimate of drug-likeness (QED) is 0.406. The Kier molecular flexibility index (Phi) is 7.61. The molecule has 0 aromatic rings. The van der Waals surface area contributed by atoms with Crippen LogP contribution in [0.25, 0.3) is 0 Å². The number of likely N-dealkylation sites (tertiary alicyclic amines) is 1. The number of halogens is 1. The third-order valence-electron chi connectivity index (χ3n) is 6.12. The zero-order valence-electron chi connectivity index (χ0n) is 15.6. The first-order valence-corrected chi connectivity index (χ1v) is 9.41. The molecule has 140 valence electrons. The molecule has 3 aliphatic rings. The van der Waals surface area contributed by atoms with E-state index in [1.807, 2.05) is 7.05 Å². The second-order valence-electron chi connectivity index (χ2n) is 7.91. The topological polar surface area (TPSA) is 40.1 Å². The van der Waals surface area contributed by atoms with Crippen LogP contribution in [0.5, 0.6) is 0 Å². The Hall–Kier alpha value is -0.0800. The van der Waals surface area contributed by atoms with E-state index in [2.05, 4.69) is 34.0 Å². The van der Waals surface area contributed by atoms with Crippen molar-refractivity contribution in [3.05, 3.63) is 0 Å². The van der Waals surface area contributed by atoms with E-state index in [0.717, 1.165) is 38.8 Å². The monoisotopic (exact) mass is 450 g/mol. The number of hydrogen-bond donors (Lipinski definition) is 1. The summed E-state index contributed by atoms with van der Waals surface area (Å²) < 4.78 is 5.51. The Labute approximate surface area is 164 Å². The van der Waals surface area contributed by atoms with Gasteiger partial charge in [0.15, 0.2) is 5.96 Å². The summed E-state index contributed by atoms with van der Waals surface area (Å²) in [6.45, 7) is 11.8. The van der Waals surface area contributed by atoms with E-state index in [-0.39, 0.29) is 24.0 Å². The third kappa shape index (κ3) is 4.55. The van der Waals surface area contributed by atoms with Crippen LogP contribution in [0.4, 0.5) is 0 Å². The number of nitrogens with zero attached hydrogens (tertiary/aromatic N) is 3. The normalized spacial score (nSPS) is 25.5. The lowest BCUT2D eigenvalue weighted by atomic mass is 9.68. The molecule has 5 nitrogen and oxygen atoms in total. The predicted octanol–water partition coefficient (Wildman–Crippen LogP) is 2.41. The van der Waals surface area contributed by atoms with Gasteiger partial charge in [-0.2, -0.15) is 0 Å². The van der Waals surface area contributed by atoms with Gasteiger partial charge >= 0.3 is 0 Å². The highest BCUT2D eigenvalue weighted by Crippen LogP contribution is 2.47. The van der Waals surface area contributed by atoms with Gasteiger partial charge in [0.05, 0.1) is 13.2 Å². The molecule has 2 heterocycles. The summed E-state index contributed by atoms with van der Waals surface area (Å²) >= 11 is 0. The second kappa shape index (κ2) is 9.03. The fraction of sp³-hybridized carbons (Fsp3) is 0.944. The van der Waals surface area contributed by atoms with Crippen LogP contribution in [0, 0.1) is 11.3 Å². The molecule has 6 heteroatoms. The number of morpholine rings is 1. The molecule has 3 fully saturated rings. The third-order valence-corrected chi connectivity index (χ3v) is 6.12. The number of rotatable bonds is 4. The number of aliphatic imine (C=N–C) groups is 1. The summed E-state index contributed by atoms with van der Waals surface area (Å²) in [5.74, 6) is 1.74. The van der Waals surface area contributed by atoms with Crippen molar-refractivity contribution >= 4 is 29.9 Å². The Morgan fingerprint density at radius 2 is 1.88 bits per heavy atom. The van der Waals surface area contributed by atoms with Crippen molar-refractivity contribution in [2.24, 2.45) is 16.3 Å². The summed E-state index contributed by atoms with van der Waals surface area (Å²) in [4.78, 5) is 9.62. The molecule has 0 bridgehead atoms. The van der Waals surface area contributed by atoms with E-state index in [4.69, 9.17) is 4.74 Å². The van der Waals surface area contributed by atoms with Crippen LogP contribution in [0.2, 0.25) is 0 Å². The molecule has 1 N–H and O–H groups in total. The van der Waals surface area contributed by atoms with Crippen LogP contribution in [0.3, 0.4) is 0 Å². The van der Waals surface area contributed by atoms with Gasteiger partial charge in [0.1, 0.15) is 0 Å². The van der Waals surface area contributed by atoms with E-state index in [1.165, 1.54) is 38.8 Å². The molecule has 0 radical (unpaired) electrons. The van der Waals surface area contributed by atoms with Gasteiger partial charge in [0.25, 0.3) is 0 Å². The molecule has 2 saturated heterocycles. The molecule has 1 spiro atoms. The first-order valence-electron chi connectivity index (χ1n) is 9.41. The standard InChI is InChI=1S/C18H34N4O.HI/c1-15(2)16(21-9-11-23-12-10-21)13-20-17(19-3)22-8-7-18(14-22)5-4-6-18;/h15-16H,4-14H2,1-3H3,(H,19,20);1H. The van der Waals surface area contributed by atoms with Gasteiger partial charge in [0.2, 0.25) is 0 Å². The van der Waals surface area contributed by atoms with E-state index >= 15 is 0 Å². The maximum absolute atomic E-state index is 5.51. The van der Waals surface area contributed by atoms with Crippen LogP contribution in [-0.4, -0.2) is 74.8 Å². The average Bonchev–Trinajstić information content (AvgIpc) is 2.98. The van der Waals surface area contributed by atoms with Crippen LogP contribution in [0.15, 0.2) is 4.99 Å². The van der Waals surface area contributed by atoms with Gasteiger partial charge in [-0.25, -0.2) is 0 Å². The minimum absolute atomic E-state index is 0. The number of nitrogens with one attached hydrogen (secondary N) is 1.